The molecule has 0 unspecified atom stereocenters. The summed E-state index contributed by atoms with van der Waals surface area (Å²) < 4.78 is 69.9. The smallest absolute Gasteiger partial charge is 0.397 e. The van der Waals surface area contributed by atoms with Crippen LogP contribution in [0.4, 0.5) is 30.5 Å². The van der Waals surface area contributed by atoms with Gasteiger partial charge in [-0.2, -0.15) is 13.2 Å². The third kappa shape index (κ3) is 5.83. The Morgan fingerprint density at radius 3 is 2.17 bits per heavy atom. The maximum atomic E-state index is 14.0. The molecule has 0 bridgehead atoms. The van der Waals surface area contributed by atoms with Gasteiger partial charge in [0.25, 0.3) is 15.9 Å². The number of nitrogens with two attached hydrogens (primary N) is 1. The molecule has 0 aliphatic heterocycles. The minimum absolute atomic E-state index is 0.0394. The minimum atomic E-state index is -4.74. The summed E-state index contributed by atoms with van der Waals surface area (Å²) >= 11 is 0.733. The molecule has 2 aromatic carbocycles. The van der Waals surface area contributed by atoms with Crippen LogP contribution in [0.1, 0.15) is 26.6 Å². The van der Waals surface area contributed by atoms with Crippen molar-refractivity contribution in [3.8, 4) is 11.3 Å². The molecule has 0 saturated carbocycles. The van der Waals surface area contributed by atoms with Crippen molar-refractivity contribution in [2.45, 2.75) is 24.9 Å². The number of carbonyl (C=O) groups is 1. The molecule has 0 aliphatic carbocycles. The average Bonchev–Trinajstić information content (AvgIpc) is 3.24. The Morgan fingerprint density at radius 1 is 0.927 bits per heavy atom. The number of thiophene rings is 1. The van der Waals surface area contributed by atoms with Gasteiger partial charge in [0.1, 0.15) is 9.71 Å². The molecule has 14 heteroatoms. The number of amides is 1. The highest BCUT2D eigenvalue weighted by Crippen LogP contribution is 2.43. The average molecular weight is 599 g/mol. The lowest BCUT2D eigenvalue weighted by molar-refractivity contribution is -0.136. The molecule has 0 spiro atoms. The number of sulfonamides is 1. The van der Waals surface area contributed by atoms with Gasteiger partial charge in [0.05, 0.1) is 21.8 Å². The number of hydrogen-bond donors (Lipinski definition) is 3. The summed E-state index contributed by atoms with van der Waals surface area (Å²) in [5.74, 6) is -0.848. The van der Waals surface area contributed by atoms with Crippen molar-refractivity contribution in [2.24, 2.45) is 0 Å². The van der Waals surface area contributed by atoms with Crippen LogP contribution in [0.5, 0.6) is 0 Å². The summed E-state index contributed by atoms with van der Waals surface area (Å²) in [5.41, 5.74) is 6.66. The second kappa shape index (κ2) is 10.4. The molecule has 0 aliphatic rings. The monoisotopic (exact) mass is 598 g/mol. The van der Waals surface area contributed by atoms with E-state index in [0.717, 1.165) is 17.4 Å². The Kier molecular flexibility index (Phi) is 7.13. The van der Waals surface area contributed by atoms with Gasteiger partial charge in [-0.3, -0.25) is 4.79 Å². The van der Waals surface area contributed by atoms with Crippen molar-refractivity contribution in [2.75, 3.05) is 15.8 Å². The largest absolute Gasteiger partial charge is 0.417 e. The number of pyridine rings is 1. The highest BCUT2D eigenvalue weighted by Gasteiger charge is 2.36. The number of aryl methyl sites for hydroxylation is 2. The Balaban J connectivity index is 1.42. The number of carbonyl (C=O) groups excluding carboxylic acids is 1. The molecule has 3 aromatic heterocycles. The third-order valence-electron chi connectivity index (χ3n) is 5.91. The van der Waals surface area contributed by atoms with Crippen LogP contribution in [0.25, 0.3) is 21.5 Å². The standard InChI is InChI=1S/C27H21F3N6O3S2/c1-14-12-15(2)33-26(32-14)36-41(38,39)18-10-8-17(9-11-18)34-24(37)23-22(31)21-19(27(28,29)30)13-20(35-25(21)40-23)16-6-4-3-5-7-16/h3-13H,31H2,1-2H3,(H,34,37)(H,32,33,36). The van der Waals surface area contributed by atoms with Gasteiger partial charge in [-0.1, -0.05) is 30.3 Å². The number of aromatic nitrogens is 3. The van der Waals surface area contributed by atoms with E-state index in [9.17, 15) is 26.4 Å². The zero-order valence-corrected chi connectivity index (χ0v) is 23.1. The zero-order valence-electron chi connectivity index (χ0n) is 21.4. The number of hydrogen-bond acceptors (Lipinski definition) is 8. The molecule has 9 nitrogen and oxygen atoms in total. The van der Waals surface area contributed by atoms with E-state index in [1.165, 1.54) is 24.3 Å². The molecule has 5 rings (SSSR count). The van der Waals surface area contributed by atoms with Crippen LogP contribution in [0, 0.1) is 13.8 Å². The number of nitrogen functional groups attached to an aromatic ring is 1. The molecule has 3 heterocycles. The quantitative estimate of drug-likeness (QED) is 0.217. The maximum Gasteiger partial charge on any atom is 0.417 e. The van der Waals surface area contributed by atoms with E-state index in [0.29, 0.717) is 17.0 Å². The number of nitrogens with zero attached hydrogens (tertiary/aromatic N) is 3. The van der Waals surface area contributed by atoms with Gasteiger partial charge in [0, 0.05) is 28.0 Å². The fourth-order valence-electron chi connectivity index (χ4n) is 4.13. The first kappa shape index (κ1) is 28.0. The van der Waals surface area contributed by atoms with E-state index < -0.39 is 27.7 Å². The third-order valence-corrected chi connectivity index (χ3v) is 8.35. The predicted molar refractivity (Wildman–Crippen MR) is 151 cm³/mol. The van der Waals surface area contributed by atoms with Gasteiger partial charge in [-0.15, -0.1) is 11.3 Å². The molecule has 41 heavy (non-hydrogen) atoms. The lowest BCUT2D eigenvalue weighted by Crippen LogP contribution is -2.16. The summed E-state index contributed by atoms with van der Waals surface area (Å²) in [6, 6.07) is 16.2. The van der Waals surface area contributed by atoms with Crippen LogP contribution < -0.4 is 15.8 Å². The maximum absolute atomic E-state index is 14.0. The number of halogens is 3. The molecule has 5 aromatic rings. The molecular weight excluding hydrogens is 577 g/mol. The van der Waals surface area contributed by atoms with Gasteiger partial charge in [0.15, 0.2) is 0 Å². The van der Waals surface area contributed by atoms with Crippen LogP contribution in [0.3, 0.4) is 0 Å². The van der Waals surface area contributed by atoms with Crippen LogP contribution in [-0.4, -0.2) is 29.3 Å². The zero-order chi connectivity index (χ0) is 29.5. The van der Waals surface area contributed by atoms with E-state index in [1.54, 1.807) is 50.2 Å². The molecule has 1 amide bonds. The first-order valence-electron chi connectivity index (χ1n) is 11.9. The Bertz CT molecular complexity index is 1870. The summed E-state index contributed by atoms with van der Waals surface area (Å²) in [4.78, 5) is 25.2. The van der Waals surface area contributed by atoms with Gasteiger partial charge in [-0.25, -0.2) is 28.1 Å². The van der Waals surface area contributed by atoms with Crippen molar-refractivity contribution in [3.63, 3.8) is 0 Å². The Labute approximate surface area is 236 Å². The van der Waals surface area contributed by atoms with Crippen molar-refractivity contribution < 1.29 is 26.4 Å². The van der Waals surface area contributed by atoms with Gasteiger partial charge < -0.3 is 11.1 Å². The SMILES string of the molecule is Cc1cc(C)nc(NS(=O)(=O)c2ccc(NC(=O)c3sc4nc(-c5ccccc5)cc(C(F)(F)F)c4c3N)cc2)n1. The van der Waals surface area contributed by atoms with Gasteiger partial charge >= 0.3 is 6.18 Å². The minimum Gasteiger partial charge on any atom is -0.397 e. The molecule has 0 atom stereocenters. The first-order chi connectivity index (χ1) is 19.3. The molecule has 0 radical (unpaired) electrons. The predicted octanol–water partition coefficient (Wildman–Crippen LogP) is 6.02. The topological polar surface area (TPSA) is 140 Å². The number of alkyl halides is 3. The highest BCUT2D eigenvalue weighted by atomic mass is 32.2. The highest BCUT2D eigenvalue weighted by molar-refractivity contribution is 7.92. The summed E-state index contributed by atoms with van der Waals surface area (Å²) in [5, 5.41) is 2.20. The molecule has 0 fully saturated rings. The number of anilines is 3. The Hall–Kier alpha value is -4.56. The lowest BCUT2D eigenvalue weighted by atomic mass is 10.1. The van der Waals surface area contributed by atoms with Gasteiger partial charge in [0.2, 0.25) is 5.95 Å². The summed E-state index contributed by atoms with van der Waals surface area (Å²) in [6.45, 7) is 3.41. The van der Waals surface area contributed by atoms with E-state index in [4.69, 9.17) is 5.73 Å². The van der Waals surface area contributed by atoms with Gasteiger partial charge in [-0.05, 0) is 50.2 Å². The van der Waals surface area contributed by atoms with Crippen LogP contribution in [0.15, 0.2) is 71.6 Å². The lowest BCUT2D eigenvalue weighted by Gasteiger charge is -2.11. The first-order valence-corrected chi connectivity index (χ1v) is 14.2. The molecular formula is C27H21F3N6O3S2. The second-order valence-electron chi connectivity index (χ2n) is 9.00. The van der Waals surface area contributed by atoms with Crippen molar-refractivity contribution in [1.82, 2.24) is 15.0 Å². The number of nitrogens with one attached hydrogen (secondary N) is 2. The Morgan fingerprint density at radius 2 is 1.56 bits per heavy atom. The number of rotatable bonds is 6. The van der Waals surface area contributed by atoms with E-state index in [1.807, 2.05) is 0 Å². The fraction of sp³-hybridized carbons (Fsp3) is 0.111. The molecule has 4 N–H and O–H groups in total. The molecule has 210 valence electrons. The van der Waals surface area contributed by atoms with E-state index >= 15 is 0 Å². The van der Waals surface area contributed by atoms with Crippen molar-refractivity contribution >= 4 is 54.8 Å². The van der Waals surface area contributed by atoms with Crippen molar-refractivity contribution in [3.05, 3.63) is 88.6 Å². The number of benzene rings is 2. The fourth-order valence-corrected chi connectivity index (χ4v) is 6.08. The normalized spacial score (nSPS) is 11.9. The second-order valence-corrected chi connectivity index (χ2v) is 11.7. The van der Waals surface area contributed by atoms with Crippen molar-refractivity contribution in [1.29, 1.82) is 0 Å². The van der Waals surface area contributed by atoms with Crippen LogP contribution in [-0.2, 0) is 16.2 Å². The van der Waals surface area contributed by atoms with Crippen LogP contribution >= 0.6 is 11.3 Å². The van der Waals surface area contributed by atoms with E-state index in [-0.39, 0.29) is 43.0 Å². The number of fused-ring (bicyclic) bond motifs is 1. The van der Waals surface area contributed by atoms with Crippen LogP contribution in [0.2, 0.25) is 0 Å². The van der Waals surface area contributed by atoms with E-state index in [2.05, 4.69) is 25.0 Å². The summed E-state index contributed by atoms with van der Waals surface area (Å²) in [7, 11) is -4.03. The summed E-state index contributed by atoms with van der Waals surface area (Å²) in [6.07, 6.45) is -4.74. The molecule has 0 saturated heterocycles.